The van der Waals surface area contributed by atoms with Crippen LogP contribution in [0.2, 0.25) is 0 Å². The van der Waals surface area contributed by atoms with Crippen LogP contribution < -0.4 is 5.32 Å². The Morgan fingerprint density at radius 1 is 1.48 bits per heavy atom. The molecule has 0 unspecified atom stereocenters. The third kappa shape index (κ3) is 3.73. The highest BCUT2D eigenvalue weighted by Crippen LogP contribution is 2.17. The SMILES string of the molecule is CNC[C@H]1CCN(C(=O)c2cn(Cc3cccc(F)c3)nn2)C1. The summed E-state index contributed by atoms with van der Waals surface area (Å²) in [5.74, 6) is 0.118. The first-order valence-electron chi connectivity index (χ1n) is 7.74. The van der Waals surface area contributed by atoms with Gasteiger partial charge in [0.05, 0.1) is 12.7 Å². The molecule has 7 heteroatoms. The van der Waals surface area contributed by atoms with Crippen molar-refractivity contribution in [3.05, 3.63) is 47.5 Å². The maximum atomic E-state index is 13.2. The topological polar surface area (TPSA) is 63.1 Å². The van der Waals surface area contributed by atoms with Gasteiger partial charge in [-0.2, -0.15) is 0 Å². The van der Waals surface area contributed by atoms with Gasteiger partial charge in [-0.25, -0.2) is 9.07 Å². The minimum atomic E-state index is -0.286. The van der Waals surface area contributed by atoms with Crippen LogP contribution in [-0.4, -0.2) is 52.5 Å². The molecule has 2 aromatic rings. The number of carbonyl (C=O) groups is 1. The molecule has 0 spiro atoms. The van der Waals surface area contributed by atoms with Gasteiger partial charge in [-0.3, -0.25) is 4.79 Å². The Hall–Kier alpha value is -2.28. The molecule has 1 aromatic heterocycles. The van der Waals surface area contributed by atoms with Crippen molar-refractivity contribution >= 4 is 5.91 Å². The van der Waals surface area contributed by atoms with Crippen molar-refractivity contribution in [1.29, 1.82) is 0 Å². The number of amides is 1. The third-order valence-corrected chi connectivity index (χ3v) is 4.06. The fraction of sp³-hybridized carbons (Fsp3) is 0.438. The highest BCUT2D eigenvalue weighted by Gasteiger charge is 2.27. The van der Waals surface area contributed by atoms with Crippen LogP contribution in [0.3, 0.4) is 0 Å². The molecule has 2 heterocycles. The van der Waals surface area contributed by atoms with E-state index in [2.05, 4.69) is 15.6 Å². The molecule has 1 aromatic carbocycles. The summed E-state index contributed by atoms with van der Waals surface area (Å²) in [6.07, 6.45) is 2.63. The smallest absolute Gasteiger partial charge is 0.276 e. The van der Waals surface area contributed by atoms with E-state index in [4.69, 9.17) is 0 Å². The molecule has 1 amide bonds. The highest BCUT2D eigenvalue weighted by molar-refractivity contribution is 5.92. The molecule has 1 aliphatic heterocycles. The van der Waals surface area contributed by atoms with Crippen molar-refractivity contribution in [2.24, 2.45) is 5.92 Å². The molecular formula is C16H20FN5O. The predicted molar refractivity (Wildman–Crippen MR) is 83.5 cm³/mol. The number of likely N-dealkylation sites (tertiary alicyclic amines) is 1. The second-order valence-corrected chi connectivity index (χ2v) is 5.89. The van der Waals surface area contributed by atoms with Gasteiger partial charge in [0, 0.05) is 13.1 Å². The average molecular weight is 317 g/mol. The number of aromatic nitrogens is 3. The summed E-state index contributed by atoms with van der Waals surface area (Å²) >= 11 is 0. The molecule has 23 heavy (non-hydrogen) atoms. The van der Waals surface area contributed by atoms with E-state index in [1.54, 1.807) is 16.9 Å². The molecular weight excluding hydrogens is 297 g/mol. The van der Waals surface area contributed by atoms with Crippen LogP contribution in [-0.2, 0) is 6.54 Å². The van der Waals surface area contributed by atoms with Gasteiger partial charge < -0.3 is 10.2 Å². The first-order valence-corrected chi connectivity index (χ1v) is 7.74. The molecule has 0 radical (unpaired) electrons. The molecule has 1 atom stereocenters. The summed E-state index contributed by atoms with van der Waals surface area (Å²) in [6, 6.07) is 6.32. The van der Waals surface area contributed by atoms with Crippen molar-refractivity contribution in [3.63, 3.8) is 0 Å². The molecule has 1 fully saturated rings. The number of hydrogen-bond donors (Lipinski definition) is 1. The van der Waals surface area contributed by atoms with Gasteiger partial charge in [0.15, 0.2) is 5.69 Å². The van der Waals surface area contributed by atoms with E-state index in [0.717, 1.165) is 31.6 Å². The number of nitrogens with one attached hydrogen (secondary N) is 1. The van der Waals surface area contributed by atoms with E-state index in [1.807, 2.05) is 18.0 Å². The average Bonchev–Trinajstić information content (AvgIpc) is 3.17. The Bertz CT molecular complexity index is 687. The van der Waals surface area contributed by atoms with E-state index in [9.17, 15) is 9.18 Å². The second kappa shape index (κ2) is 6.87. The summed E-state index contributed by atoms with van der Waals surface area (Å²) in [4.78, 5) is 14.3. The number of nitrogens with zero attached hydrogens (tertiary/aromatic N) is 4. The Labute approximate surface area is 134 Å². The van der Waals surface area contributed by atoms with Crippen LogP contribution in [0.15, 0.2) is 30.5 Å². The lowest BCUT2D eigenvalue weighted by atomic mass is 10.1. The van der Waals surface area contributed by atoms with Crippen molar-refractivity contribution in [2.75, 3.05) is 26.7 Å². The largest absolute Gasteiger partial charge is 0.337 e. The quantitative estimate of drug-likeness (QED) is 0.898. The lowest BCUT2D eigenvalue weighted by molar-refractivity contribution is 0.0781. The van der Waals surface area contributed by atoms with Gasteiger partial charge in [-0.05, 0) is 43.6 Å². The van der Waals surface area contributed by atoms with Gasteiger partial charge in [0.1, 0.15) is 5.82 Å². The number of rotatable bonds is 5. The molecule has 3 rings (SSSR count). The lowest BCUT2D eigenvalue weighted by Gasteiger charge is -2.14. The van der Waals surface area contributed by atoms with Crippen LogP contribution in [0, 0.1) is 11.7 Å². The van der Waals surface area contributed by atoms with Gasteiger partial charge in [-0.1, -0.05) is 17.3 Å². The first kappa shape index (κ1) is 15.6. The van der Waals surface area contributed by atoms with Crippen molar-refractivity contribution in [1.82, 2.24) is 25.2 Å². The Kier molecular flexibility index (Phi) is 4.66. The number of carbonyl (C=O) groups excluding carboxylic acids is 1. The van der Waals surface area contributed by atoms with E-state index in [0.29, 0.717) is 18.2 Å². The first-order chi connectivity index (χ1) is 11.2. The van der Waals surface area contributed by atoms with Crippen LogP contribution in [0.1, 0.15) is 22.5 Å². The third-order valence-electron chi connectivity index (χ3n) is 4.06. The van der Waals surface area contributed by atoms with Crippen LogP contribution in [0.4, 0.5) is 4.39 Å². The summed E-state index contributed by atoms with van der Waals surface area (Å²) in [5.41, 5.74) is 1.12. The van der Waals surface area contributed by atoms with Crippen molar-refractivity contribution in [3.8, 4) is 0 Å². The fourth-order valence-electron chi connectivity index (χ4n) is 2.93. The summed E-state index contributed by atoms with van der Waals surface area (Å²) < 4.78 is 14.8. The van der Waals surface area contributed by atoms with Crippen LogP contribution >= 0.6 is 0 Å². The molecule has 6 nitrogen and oxygen atoms in total. The van der Waals surface area contributed by atoms with Gasteiger partial charge in [-0.15, -0.1) is 5.10 Å². The second-order valence-electron chi connectivity index (χ2n) is 5.89. The molecule has 1 N–H and O–H groups in total. The van der Waals surface area contributed by atoms with E-state index in [-0.39, 0.29) is 11.7 Å². The zero-order valence-electron chi connectivity index (χ0n) is 13.1. The van der Waals surface area contributed by atoms with Gasteiger partial charge in [0.25, 0.3) is 5.91 Å². The highest BCUT2D eigenvalue weighted by atomic mass is 19.1. The van der Waals surface area contributed by atoms with E-state index < -0.39 is 0 Å². The normalized spacial score (nSPS) is 17.7. The maximum Gasteiger partial charge on any atom is 0.276 e. The Balaban J connectivity index is 1.64. The number of benzene rings is 1. The zero-order valence-corrected chi connectivity index (χ0v) is 13.1. The lowest BCUT2D eigenvalue weighted by Crippen LogP contribution is -2.30. The number of hydrogen-bond acceptors (Lipinski definition) is 4. The van der Waals surface area contributed by atoms with Crippen LogP contribution in [0.5, 0.6) is 0 Å². The van der Waals surface area contributed by atoms with E-state index >= 15 is 0 Å². The number of halogens is 1. The molecule has 0 aliphatic carbocycles. The monoisotopic (exact) mass is 317 g/mol. The van der Waals surface area contributed by atoms with Crippen LogP contribution in [0.25, 0.3) is 0 Å². The Morgan fingerprint density at radius 3 is 3.13 bits per heavy atom. The van der Waals surface area contributed by atoms with Crippen molar-refractivity contribution < 1.29 is 9.18 Å². The minimum Gasteiger partial charge on any atom is -0.337 e. The molecule has 1 saturated heterocycles. The summed E-state index contributed by atoms with van der Waals surface area (Å²) in [7, 11) is 1.92. The standard InChI is InChI=1S/C16H20FN5O/c1-18-8-13-5-6-21(9-13)16(23)15-11-22(20-19-15)10-12-3-2-4-14(17)7-12/h2-4,7,11,13,18H,5-6,8-10H2,1H3/t13-/m1/s1. The van der Waals surface area contributed by atoms with Crippen molar-refractivity contribution in [2.45, 2.75) is 13.0 Å². The van der Waals surface area contributed by atoms with E-state index in [1.165, 1.54) is 12.1 Å². The summed E-state index contributed by atoms with van der Waals surface area (Å²) in [6.45, 7) is 2.80. The van der Waals surface area contributed by atoms with Gasteiger partial charge in [0.2, 0.25) is 0 Å². The molecule has 0 bridgehead atoms. The predicted octanol–water partition coefficient (Wildman–Crippen LogP) is 1.15. The fourth-order valence-corrected chi connectivity index (χ4v) is 2.93. The molecule has 122 valence electrons. The minimum absolute atomic E-state index is 0.0888. The molecule has 0 saturated carbocycles. The summed E-state index contributed by atoms with van der Waals surface area (Å²) in [5, 5.41) is 11.1. The maximum absolute atomic E-state index is 13.2. The Morgan fingerprint density at radius 2 is 2.35 bits per heavy atom. The zero-order chi connectivity index (χ0) is 16.2. The molecule has 1 aliphatic rings. The van der Waals surface area contributed by atoms with Gasteiger partial charge >= 0.3 is 0 Å².